The molecule has 3 nitrogen and oxygen atoms in total. The number of benzene rings is 1. The molecule has 1 rings (SSSR count). The normalized spacial score (nSPS) is 14.7. The largest absolute Gasteiger partial charge is 0.481 e. The molecule has 0 aliphatic carbocycles. The fraction of sp³-hybridized carbons (Fsp3) is 0.300. The van der Waals surface area contributed by atoms with Crippen LogP contribution in [0.2, 0.25) is 10.0 Å². The van der Waals surface area contributed by atoms with E-state index in [0.717, 1.165) is 0 Å². The quantitative estimate of drug-likeness (QED) is 0.863. The topological polar surface area (TPSA) is 63.3 Å². The van der Waals surface area contributed by atoms with Crippen molar-refractivity contribution < 1.29 is 9.90 Å². The van der Waals surface area contributed by atoms with Gasteiger partial charge in [0, 0.05) is 6.04 Å². The van der Waals surface area contributed by atoms with Crippen molar-refractivity contribution in [3.8, 4) is 0 Å². The Hall–Kier alpha value is -0.770. The van der Waals surface area contributed by atoms with Gasteiger partial charge in [0.25, 0.3) is 0 Å². The van der Waals surface area contributed by atoms with Crippen molar-refractivity contribution >= 4 is 29.2 Å². The van der Waals surface area contributed by atoms with Crippen LogP contribution in [0.3, 0.4) is 0 Å². The lowest BCUT2D eigenvalue weighted by Crippen LogP contribution is -2.31. The number of nitrogens with two attached hydrogens (primary N) is 1. The average molecular weight is 248 g/mol. The maximum atomic E-state index is 11.0. The molecule has 0 spiro atoms. The van der Waals surface area contributed by atoms with Crippen LogP contribution in [0.1, 0.15) is 18.4 Å². The Kier molecular flexibility index (Phi) is 3.97. The minimum Gasteiger partial charge on any atom is -0.481 e. The van der Waals surface area contributed by atoms with Gasteiger partial charge < -0.3 is 10.8 Å². The molecule has 0 amide bonds. The number of halogens is 2. The zero-order chi connectivity index (χ0) is 11.6. The Bertz CT molecular complexity index is 380. The second kappa shape index (κ2) is 4.84. The van der Waals surface area contributed by atoms with Crippen LogP contribution in [-0.2, 0) is 4.79 Å². The fourth-order valence-corrected chi connectivity index (χ4v) is 1.83. The molecule has 0 aromatic heterocycles. The van der Waals surface area contributed by atoms with Gasteiger partial charge in [0.2, 0.25) is 0 Å². The first kappa shape index (κ1) is 12.3. The van der Waals surface area contributed by atoms with Crippen LogP contribution in [0.4, 0.5) is 0 Å². The van der Waals surface area contributed by atoms with Crippen LogP contribution in [-0.4, -0.2) is 17.1 Å². The highest BCUT2D eigenvalue weighted by atomic mass is 35.5. The first-order valence-corrected chi connectivity index (χ1v) is 5.13. The number of carboxylic acids is 1. The molecule has 1 aromatic rings. The second-order valence-electron chi connectivity index (χ2n) is 3.32. The SMILES string of the molecule is CC(N)C(C(=O)O)c1cccc(Cl)c1Cl. The molecule has 5 heteroatoms. The van der Waals surface area contributed by atoms with Crippen LogP contribution in [0, 0.1) is 0 Å². The lowest BCUT2D eigenvalue weighted by Gasteiger charge is -2.18. The highest BCUT2D eigenvalue weighted by Crippen LogP contribution is 2.32. The van der Waals surface area contributed by atoms with Gasteiger partial charge in [-0.2, -0.15) is 0 Å². The van der Waals surface area contributed by atoms with Gasteiger partial charge in [0.05, 0.1) is 16.0 Å². The monoisotopic (exact) mass is 247 g/mol. The Labute approximate surface area is 97.8 Å². The van der Waals surface area contributed by atoms with Crippen molar-refractivity contribution in [2.75, 3.05) is 0 Å². The third kappa shape index (κ3) is 2.62. The van der Waals surface area contributed by atoms with E-state index in [-0.39, 0.29) is 5.02 Å². The fourth-order valence-electron chi connectivity index (χ4n) is 1.40. The van der Waals surface area contributed by atoms with E-state index in [1.807, 2.05) is 0 Å². The summed E-state index contributed by atoms with van der Waals surface area (Å²) in [5.41, 5.74) is 6.06. The molecule has 1 aromatic carbocycles. The molecule has 2 unspecified atom stereocenters. The number of rotatable bonds is 3. The highest BCUT2D eigenvalue weighted by Gasteiger charge is 2.26. The molecule has 0 heterocycles. The predicted molar refractivity (Wildman–Crippen MR) is 60.5 cm³/mol. The Morgan fingerprint density at radius 1 is 1.47 bits per heavy atom. The number of carboxylic acid groups (broad SMARTS) is 1. The van der Waals surface area contributed by atoms with E-state index >= 15 is 0 Å². The summed E-state index contributed by atoms with van der Waals surface area (Å²) in [7, 11) is 0. The second-order valence-corrected chi connectivity index (χ2v) is 4.10. The Morgan fingerprint density at radius 2 is 2.07 bits per heavy atom. The van der Waals surface area contributed by atoms with Crippen LogP contribution < -0.4 is 5.73 Å². The van der Waals surface area contributed by atoms with E-state index in [1.165, 1.54) is 0 Å². The van der Waals surface area contributed by atoms with E-state index in [2.05, 4.69) is 0 Å². The van der Waals surface area contributed by atoms with Crippen LogP contribution >= 0.6 is 23.2 Å². The van der Waals surface area contributed by atoms with Gasteiger partial charge in [0.15, 0.2) is 0 Å². The molecular formula is C10H11Cl2NO2. The maximum Gasteiger partial charge on any atom is 0.312 e. The van der Waals surface area contributed by atoms with Gasteiger partial charge in [-0.15, -0.1) is 0 Å². The smallest absolute Gasteiger partial charge is 0.312 e. The lowest BCUT2D eigenvalue weighted by atomic mass is 9.93. The first-order valence-electron chi connectivity index (χ1n) is 4.37. The zero-order valence-corrected chi connectivity index (χ0v) is 9.59. The average Bonchev–Trinajstić information content (AvgIpc) is 2.11. The standard InChI is InChI=1S/C10H11Cl2NO2/c1-5(13)8(10(14)15)6-3-2-4-7(11)9(6)12/h2-5,8H,13H2,1H3,(H,14,15). The van der Waals surface area contributed by atoms with Gasteiger partial charge >= 0.3 is 5.97 Å². The molecule has 0 radical (unpaired) electrons. The van der Waals surface area contributed by atoms with Crippen LogP contribution in [0.15, 0.2) is 18.2 Å². The number of carbonyl (C=O) groups is 1. The summed E-state index contributed by atoms with van der Waals surface area (Å²) in [4.78, 5) is 11.0. The van der Waals surface area contributed by atoms with E-state index in [9.17, 15) is 4.79 Å². The Morgan fingerprint density at radius 3 is 2.53 bits per heavy atom. The van der Waals surface area contributed by atoms with Crippen molar-refractivity contribution in [3.05, 3.63) is 33.8 Å². The summed E-state index contributed by atoms with van der Waals surface area (Å²) in [6.07, 6.45) is 0. The van der Waals surface area contributed by atoms with Gasteiger partial charge in [-0.3, -0.25) is 4.79 Å². The molecule has 0 saturated heterocycles. The molecule has 0 saturated carbocycles. The summed E-state index contributed by atoms with van der Waals surface area (Å²) in [6, 6.07) is 4.35. The molecule has 82 valence electrons. The molecule has 0 bridgehead atoms. The van der Waals surface area contributed by atoms with E-state index in [0.29, 0.717) is 10.6 Å². The molecule has 0 fully saturated rings. The third-order valence-corrected chi connectivity index (χ3v) is 2.94. The summed E-state index contributed by atoms with van der Waals surface area (Å²) < 4.78 is 0. The maximum absolute atomic E-state index is 11.0. The van der Waals surface area contributed by atoms with Crippen molar-refractivity contribution in [1.82, 2.24) is 0 Å². The number of aliphatic carboxylic acids is 1. The van der Waals surface area contributed by atoms with E-state index < -0.39 is 17.9 Å². The van der Waals surface area contributed by atoms with Gasteiger partial charge in [-0.1, -0.05) is 35.3 Å². The molecule has 3 N–H and O–H groups in total. The molecule has 0 aliphatic rings. The van der Waals surface area contributed by atoms with Crippen molar-refractivity contribution in [2.45, 2.75) is 18.9 Å². The third-order valence-electron chi connectivity index (χ3n) is 2.11. The zero-order valence-electron chi connectivity index (χ0n) is 8.08. The highest BCUT2D eigenvalue weighted by molar-refractivity contribution is 6.42. The lowest BCUT2D eigenvalue weighted by molar-refractivity contribution is -0.139. The first-order chi connectivity index (χ1) is 6.95. The van der Waals surface area contributed by atoms with Gasteiger partial charge in [0.1, 0.15) is 0 Å². The Balaban J connectivity index is 3.23. The number of hydrogen-bond donors (Lipinski definition) is 2. The summed E-state index contributed by atoms with van der Waals surface area (Å²) in [6.45, 7) is 1.62. The van der Waals surface area contributed by atoms with Gasteiger partial charge in [-0.05, 0) is 18.6 Å². The minimum atomic E-state index is -1.01. The molecule has 15 heavy (non-hydrogen) atoms. The molecule has 2 atom stereocenters. The van der Waals surface area contributed by atoms with Crippen molar-refractivity contribution in [3.63, 3.8) is 0 Å². The van der Waals surface area contributed by atoms with Crippen LogP contribution in [0.25, 0.3) is 0 Å². The summed E-state index contributed by atoms with van der Waals surface area (Å²) in [5.74, 6) is -1.84. The molecular weight excluding hydrogens is 237 g/mol. The van der Waals surface area contributed by atoms with E-state index in [1.54, 1.807) is 25.1 Å². The van der Waals surface area contributed by atoms with Gasteiger partial charge in [-0.25, -0.2) is 0 Å². The van der Waals surface area contributed by atoms with Crippen molar-refractivity contribution in [1.29, 1.82) is 0 Å². The minimum absolute atomic E-state index is 0.254. The summed E-state index contributed by atoms with van der Waals surface area (Å²) in [5, 5.41) is 9.62. The van der Waals surface area contributed by atoms with Crippen molar-refractivity contribution in [2.24, 2.45) is 5.73 Å². The summed E-state index contributed by atoms with van der Waals surface area (Å²) >= 11 is 11.7. The number of hydrogen-bond acceptors (Lipinski definition) is 2. The van der Waals surface area contributed by atoms with Crippen LogP contribution in [0.5, 0.6) is 0 Å². The van der Waals surface area contributed by atoms with E-state index in [4.69, 9.17) is 34.0 Å². The predicted octanol–water partition coefficient (Wildman–Crippen LogP) is 2.51. The molecule has 0 aliphatic heterocycles.